The summed E-state index contributed by atoms with van der Waals surface area (Å²) in [7, 11) is 0. The van der Waals surface area contributed by atoms with E-state index in [-0.39, 0.29) is 6.04 Å². The molecule has 1 saturated heterocycles. The second-order valence-electron chi connectivity index (χ2n) is 5.27. The van der Waals surface area contributed by atoms with Crippen LogP contribution in [0.4, 0.5) is 8.78 Å². The molecular weight excluding hydrogens is 234 g/mol. The number of nitrogens with two attached hydrogens (primary N) is 1. The van der Waals surface area contributed by atoms with Crippen molar-refractivity contribution in [2.45, 2.75) is 38.9 Å². The van der Waals surface area contributed by atoms with Crippen LogP contribution in [-0.2, 0) is 6.54 Å². The van der Waals surface area contributed by atoms with Crippen LogP contribution in [-0.4, -0.2) is 23.5 Å². The number of benzene rings is 1. The third-order valence-electron chi connectivity index (χ3n) is 4.13. The molecule has 0 amide bonds. The van der Waals surface area contributed by atoms with Crippen LogP contribution in [0.1, 0.15) is 25.8 Å². The Bertz CT molecular complexity index is 422. The van der Waals surface area contributed by atoms with Gasteiger partial charge >= 0.3 is 0 Å². The molecule has 1 aliphatic rings. The number of hydrogen-bond acceptors (Lipinski definition) is 2. The zero-order valence-corrected chi connectivity index (χ0v) is 10.9. The largest absolute Gasteiger partial charge is 0.327 e. The van der Waals surface area contributed by atoms with E-state index in [1.54, 1.807) is 6.07 Å². The van der Waals surface area contributed by atoms with E-state index in [4.69, 9.17) is 5.73 Å². The number of rotatable bonds is 2. The summed E-state index contributed by atoms with van der Waals surface area (Å²) in [5.41, 5.74) is 6.84. The number of halogens is 2. The standard InChI is InChI=1S/C14H20F2N2/c1-9-10(2)18(6-5-14(9)17)8-11-3-4-12(15)13(16)7-11/h3-4,7,9-10,14H,5-6,8,17H2,1-2H3. The van der Waals surface area contributed by atoms with Gasteiger partial charge in [0.15, 0.2) is 11.6 Å². The Morgan fingerprint density at radius 1 is 1.28 bits per heavy atom. The molecule has 1 heterocycles. The quantitative estimate of drug-likeness (QED) is 0.878. The van der Waals surface area contributed by atoms with Gasteiger partial charge in [-0.3, -0.25) is 4.90 Å². The predicted molar refractivity (Wildman–Crippen MR) is 68.0 cm³/mol. The fourth-order valence-electron chi connectivity index (χ4n) is 2.57. The third kappa shape index (κ3) is 2.70. The predicted octanol–water partition coefficient (Wildman–Crippen LogP) is 2.52. The van der Waals surface area contributed by atoms with Gasteiger partial charge in [-0.25, -0.2) is 8.78 Å². The van der Waals surface area contributed by atoms with Crippen molar-refractivity contribution in [2.75, 3.05) is 6.54 Å². The summed E-state index contributed by atoms with van der Waals surface area (Å²) in [6, 6.07) is 4.71. The van der Waals surface area contributed by atoms with E-state index in [0.717, 1.165) is 18.5 Å². The van der Waals surface area contributed by atoms with Gasteiger partial charge in [-0.2, -0.15) is 0 Å². The van der Waals surface area contributed by atoms with Crippen LogP contribution in [0.5, 0.6) is 0 Å². The van der Waals surface area contributed by atoms with Crippen molar-refractivity contribution in [3.8, 4) is 0 Å². The highest BCUT2D eigenvalue weighted by molar-refractivity contribution is 5.18. The van der Waals surface area contributed by atoms with E-state index in [9.17, 15) is 8.78 Å². The maximum atomic E-state index is 13.2. The molecule has 2 N–H and O–H groups in total. The number of nitrogens with zero attached hydrogens (tertiary/aromatic N) is 1. The molecule has 0 spiro atoms. The average Bonchev–Trinajstić information content (AvgIpc) is 2.34. The van der Waals surface area contributed by atoms with Crippen LogP contribution in [0.3, 0.4) is 0 Å². The van der Waals surface area contributed by atoms with Crippen molar-refractivity contribution in [3.05, 3.63) is 35.4 Å². The van der Waals surface area contributed by atoms with E-state index in [2.05, 4.69) is 18.7 Å². The molecule has 0 aromatic heterocycles. The molecule has 0 bridgehead atoms. The smallest absolute Gasteiger partial charge is 0.159 e. The van der Waals surface area contributed by atoms with Crippen LogP contribution in [0, 0.1) is 17.6 Å². The number of hydrogen-bond donors (Lipinski definition) is 1. The summed E-state index contributed by atoms with van der Waals surface area (Å²) in [6.45, 7) is 5.84. The molecule has 1 aliphatic heterocycles. The summed E-state index contributed by atoms with van der Waals surface area (Å²) < 4.78 is 26.0. The van der Waals surface area contributed by atoms with Crippen molar-refractivity contribution < 1.29 is 8.78 Å². The number of piperidine rings is 1. The van der Waals surface area contributed by atoms with Gasteiger partial charge in [0.25, 0.3) is 0 Å². The minimum Gasteiger partial charge on any atom is -0.327 e. The van der Waals surface area contributed by atoms with Gasteiger partial charge in [0, 0.05) is 25.2 Å². The first-order valence-corrected chi connectivity index (χ1v) is 6.42. The van der Waals surface area contributed by atoms with Crippen molar-refractivity contribution >= 4 is 0 Å². The molecular formula is C14H20F2N2. The lowest BCUT2D eigenvalue weighted by Crippen LogP contribution is -2.51. The van der Waals surface area contributed by atoms with E-state index in [1.165, 1.54) is 12.1 Å². The Morgan fingerprint density at radius 3 is 2.67 bits per heavy atom. The molecule has 0 aliphatic carbocycles. The minimum atomic E-state index is -0.791. The van der Waals surface area contributed by atoms with E-state index < -0.39 is 11.6 Å². The van der Waals surface area contributed by atoms with E-state index in [1.807, 2.05) is 0 Å². The van der Waals surface area contributed by atoms with E-state index in [0.29, 0.717) is 18.5 Å². The maximum absolute atomic E-state index is 13.2. The van der Waals surface area contributed by atoms with E-state index >= 15 is 0 Å². The van der Waals surface area contributed by atoms with Crippen LogP contribution in [0.15, 0.2) is 18.2 Å². The third-order valence-corrected chi connectivity index (χ3v) is 4.13. The SMILES string of the molecule is CC1C(N)CCN(Cc2ccc(F)c(F)c2)C1C. The second kappa shape index (κ2) is 5.33. The molecule has 0 saturated carbocycles. The Kier molecular flexibility index (Phi) is 3.97. The zero-order chi connectivity index (χ0) is 13.3. The van der Waals surface area contributed by atoms with Crippen molar-refractivity contribution in [1.29, 1.82) is 0 Å². The van der Waals surface area contributed by atoms with Gasteiger partial charge in [0.05, 0.1) is 0 Å². The number of likely N-dealkylation sites (tertiary alicyclic amines) is 1. The zero-order valence-electron chi connectivity index (χ0n) is 10.9. The molecule has 2 rings (SSSR count). The summed E-state index contributed by atoms with van der Waals surface area (Å²) in [6.07, 6.45) is 0.954. The summed E-state index contributed by atoms with van der Waals surface area (Å²) in [5, 5.41) is 0. The van der Waals surface area contributed by atoms with Crippen molar-refractivity contribution in [2.24, 2.45) is 11.7 Å². The summed E-state index contributed by atoms with van der Waals surface area (Å²) >= 11 is 0. The molecule has 1 aromatic carbocycles. The maximum Gasteiger partial charge on any atom is 0.159 e. The Morgan fingerprint density at radius 2 is 2.00 bits per heavy atom. The molecule has 1 aromatic rings. The normalized spacial score (nSPS) is 29.5. The molecule has 2 nitrogen and oxygen atoms in total. The Labute approximate surface area is 107 Å². The van der Waals surface area contributed by atoms with Gasteiger partial charge in [-0.15, -0.1) is 0 Å². The highest BCUT2D eigenvalue weighted by Gasteiger charge is 2.30. The first-order chi connectivity index (χ1) is 8.49. The monoisotopic (exact) mass is 254 g/mol. The molecule has 3 atom stereocenters. The van der Waals surface area contributed by atoms with Gasteiger partial charge in [-0.1, -0.05) is 13.0 Å². The highest BCUT2D eigenvalue weighted by Crippen LogP contribution is 2.24. The second-order valence-corrected chi connectivity index (χ2v) is 5.27. The fraction of sp³-hybridized carbons (Fsp3) is 0.571. The molecule has 0 radical (unpaired) electrons. The van der Waals surface area contributed by atoms with Crippen LogP contribution >= 0.6 is 0 Å². The van der Waals surface area contributed by atoms with Crippen LogP contribution in [0.2, 0.25) is 0 Å². The van der Waals surface area contributed by atoms with Gasteiger partial charge in [0.2, 0.25) is 0 Å². The van der Waals surface area contributed by atoms with Gasteiger partial charge < -0.3 is 5.73 Å². The lowest BCUT2D eigenvalue weighted by atomic mass is 9.87. The summed E-state index contributed by atoms with van der Waals surface area (Å²) in [5.74, 6) is -1.15. The Hall–Kier alpha value is -1.00. The van der Waals surface area contributed by atoms with Gasteiger partial charge in [-0.05, 0) is 37.0 Å². The lowest BCUT2D eigenvalue weighted by molar-refractivity contribution is 0.0909. The van der Waals surface area contributed by atoms with Crippen molar-refractivity contribution in [3.63, 3.8) is 0 Å². The minimum absolute atomic E-state index is 0.237. The van der Waals surface area contributed by atoms with Crippen molar-refractivity contribution in [1.82, 2.24) is 4.90 Å². The molecule has 100 valence electrons. The molecule has 1 fully saturated rings. The highest BCUT2D eigenvalue weighted by atomic mass is 19.2. The molecule has 18 heavy (non-hydrogen) atoms. The van der Waals surface area contributed by atoms with Gasteiger partial charge in [0.1, 0.15) is 0 Å². The molecule has 3 unspecified atom stereocenters. The lowest BCUT2D eigenvalue weighted by Gasteiger charge is -2.41. The Balaban J connectivity index is 2.07. The first kappa shape index (κ1) is 13.4. The topological polar surface area (TPSA) is 29.3 Å². The summed E-state index contributed by atoms with van der Waals surface area (Å²) in [4.78, 5) is 2.28. The van der Waals surface area contributed by atoms with Crippen LogP contribution in [0.25, 0.3) is 0 Å². The molecule has 4 heteroatoms. The average molecular weight is 254 g/mol. The fourth-order valence-corrected chi connectivity index (χ4v) is 2.57. The van der Waals surface area contributed by atoms with Crippen LogP contribution < -0.4 is 5.73 Å². The first-order valence-electron chi connectivity index (χ1n) is 6.42.